The Labute approximate surface area is 209 Å². The van der Waals surface area contributed by atoms with Gasteiger partial charge in [0.05, 0.1) is 6.54 Å². The zero-order chi connectivity index (χ0) is 25.4. The molecule has 2 heterocycles. The second-order valence-electron chi connectivity index (χ2n) is 9.36. The Kier molecular flexibility index (Phi) is 5.92. The minimum atomic E-state index is -1.42. The van der Waals surface area contributed by atoms with E-state index in [0.717, 1.165) is 28.1 Å². The fraction of sp³-hybridized carbons (Fsp3) is 0.241. The molecule has 3 aromatic carbocycles. The van der Waals surface area contributed by atoms with Gasteiger partial charge in [-0.05, 0) is 66.8 Å². The van der Waals surface area contributed by atoms with Crippen LogP contribution in [0.25, 0.3) is 0 Å². The Balaban J connectivity index is 1.44. The molecular formula is C29H27N3O4. The molecule has 0 aliphatic carbocycles. The Morgan fingerprint density at radius 2 is 1.61 bits per heavy atom. The van der Waals surface area contributed by atoms with Crippen LogP contribution in [0.15, 0.2) is 72.8 Å². The molecule has 3 aromatic rings. The number of nitrogens with one attached hydrogen (secondary N) is 1. The van der Waals surface area contributed by atoms with Gasteiger partial charge < -0.3 is 10.2 Å². The lowest BCUT2D eigenvalue weighted by atomic mass is 9.81. The molecule has 2 aliphatic rings. The number of nitrogens with zero attached hydrogens (tertiary/aromatic N) is 2. The molecule has 7 nitrogen and oxygen atoms in total. The Morgan fingerprint density at radius 3 is 2.25 bits per heavy atom. The van der Waals surface area contributed by atoms with E-state index < -0.39 is 17.5 Å². The molecule has 0 unspecified atom stereocenters. The molecule has 4 amide bonds. The summed E-state index contributed by atoms with van der Waals surface area (Å²) in [5.74, 6) is -0.784. The quantitative estimate of drug-likeness (QED) is 0.424. The average Bonchev–Trinajstić information content (AvgIpc) is 3.43. The van der Waals surface area contributed by atoms with Crippen LogP contribution in [0.3, 0.4) is 0 Å². The highest BCUT2D eigenvalue weighted by Crippen LogP contribution is 2.37. The Bertz CT molecular complexity index is 1370. The molecule has 0 saturated carbocycles. The van der Waals surface area contributed by atoms with Crippen LogP contribution in [-0.2, 0) is 15.1 Å². The number of aryl methyl sites for hydroxylation is 2. The van der Waals surface area contributed by atoms with Crippen LogP contribution in [0.1, 0.15) is 45.5 Å². The average molecular weight is 482 g/mol. The highest BCUT2D eigenvalue weighted by atomic mass is 16.2. The molecule has 5 rings (SSSR count). The van der Waals surface area contributed by atoms with Crippen molar-refractivity contribution in [2.45, 2.75) is 32.2 Å². The maximum absolute atomic E-state index is 13.9. The standard InChI is InChI=1S/C29H27N3O4/c1-19-10-13-23(17-20(19)2)29(22-7-4-3-5-8-22)27(35)32(28(36)30-29)18-25(33)21-11-14-24(15-12-21)31-16-6-9-26(31)34/h3-5,7-8,10-15,17H,6,9,16,18H2,1-2H3,(H,30,36)/t29-/m0/s1. The van der Waals surface area contributed by atoms with Gasteiger partial charge in [-0.25, -0.2) is 4.79 Å². The summed E-state index contributed by atoms with van der Waals surface area (Å²) in [4.78, 5) is 54.8. The van der Waals surface area contributed by atoms with Crippen molar-refractivity contribution in [3.63, 3.8) is 0 Å². The van der Waals surface area contributed by atoms with Gasteiger partial charge in [0.1, 0.15) is 0 Å². The molecule has 0 radical (unpaired) electrons. The van der Waals surface area contributed by atoms with E-state index in [1.165, 1.54) is 0 Å². The minimum absolute atomic E-state index is 0.0667. The fourth-order valence-electron chi connectivity index (χ4n) is 4.92. The highest BCUT2D eigenvalue weighted by molar-refractivity contribution is 6.13. The van der Waals surface area contributed by atoms with Crippen LogP contribution in [0, 0.1) is 13.8 Å². The first-order chi connectivity index (χ1) is 17.3. The first-order valence-corrected chi connectivity index (χ1v) is 12.0. The van der Waals surface area contributed by atoms with Crippen LogP contribution in [-0.4, -0.2) is 41.6 Å². The van der Waals surface area contributed by atoms with Gasteiger partial charge >= 0.3 is 6.03 Å². The molecule has 1 N–H and O–H groups in total. The fourth-order valence-corrected chi connectivity index (χ4v) is 4.92. The van der Waals surface area contributed by atoms with Gasteiger partial charge in [-0.15, -0.1) is 0 Å². The number of carbonyl (C=O) groups is 4. The van der Waals surface area contributed by atoms with Crippen molar-refractivity contribution in [3.05, 3.63) is 101 Å². The first kappa shape index (κ1) is 23.5. The minimum Gasteiger partial charge on any atom is -0.315 e. The number of amides is 4. The van der Waals surface area contributed by atoms with Crippen molar-refractivity contribution in [2.75, 3.05) is 18.0 Å². The molecule has 2 saturated heterocycles. The molecule has 182 valence electrons. The third-order valence-corrected chi connectivity index (χ3v) is 7.13. The van der Waals surface area contributed by atoms with Crippen LogP contribution in [0.5, 0.6) is 0 Å². The van der Waals surface area contributed by atoms with E-state index in [2.05, 4.69) is 5.32 Å². The molecule has 2 aliphatic heterocycles. The van der Waals surface area contributed by atoms with Gasteiger partial charge in [-0.1, -0.05) is 48.5 Å². The maximum atomic E-state index is 13.9. The second-order valence-corrected chi connectivity index (χ2v) is 9.36. The lowest BCUT2D eigenvalue weighted by molar-refractivity contribution is -0.130. The number of ketones is 1. The molecular weight excluding hydrogens is 454 g/mol. The third-order valence-electron chi connectivity index (χ3n) is 7.13. The number of hydrogen-bond acceptors (Lipinski definition) is 4. The van der Waals surface area contributed by atoms with E-state index in [-0.39, 0.29) is 18.2 Å². The lowest BCUT2D eigenvalue weighted by Gasteiger charge is -2.28. The zero-order valence-electron chi connectivity index (χ0n) is 20.3. The molecule has 2 fully saturated rings. The van der Waals surface area contributed by atoms with Crippen molar-refractivity contribution in [1.29, 1.82) is 0 Å². The van der Waals surface area contributed by atoms with Crippen molar-refractivity contribution in [2.24, 2.45) is 0 Å². The van der Waals surface area contributed by atoms with Gasteiger partial charge in [-0.2, -0.15) is 0 Å². The summed E-state index contributed by atoms with van der Waals surface area (Å²) in [5.41, 5.74) is 3.03. The third kappa shape index (κ3) is 3.86. The normalized spacial score (nSPS) is 19.7. The number of urea groups is 1. The molecule has 36 heavy (non-hydrogen) atoms. The summed E-state index contributed by atoms with van der Waals surface area (Å²) in [6, 6.07) is 20.9. The monoisotopic (exact) mass is 481 g/mol. The summed E-state index contributed by atoms with van der Waals surface area (Å²) < 4.78 is 0. The number of hydrogen-bond donors (Lipinski definition) is 1. The van der Waals surface area contributed by atoms with Crippen LogP contribution < -0.4 is 10.2 Å². The van der Waals surface area contributed by atoms with Gasteiger partial charge in [-0.3, -0.25) is 19.3 Å². The summed E-state index contributed by atoms with van der Waals surface area (Å²) in [6.07, 6.45) is 1.34. The Morgan fingerprint density at radius 1 is 0.889 bits per heavy atom. The van der Waals surface area contributed by atoms with E-state index in [0.29, 0.717) is 29.7 Å². The molecule has 1 atom stereocenters. The number of rotatable bonds is 6. The smallest absolute Gasteiger partial charge is 0.315 e. The van der Waals surface area contributed by atoms with Gasteiger partial charge in [0.2, 0.25) is 5.91 Å². The lowest BCUT2D eigenvalue weighted by Crippen LogP contribution is -2.45. The van der Waals surface area contributed by atoms with E-state index in [1.54, 1.807) is 41.3 Å². The van der Waals surface area contributed by atoms with Gasteiger partial charge in [0.25, 0.3) is 5.91 Å². The van der Waals surface area contributed by atoms with Crippen LogP contribution >= 0.6 is 0 Å². The predicted octanol–water partition coefficient (Wildman–Crippen LogP) is 4.11. The highest BCUT2D eigenvalue weighted by Gasteiger charge is 2.54. The second kappa shape index (κ2) is 9.07. The van der Waals surface area contributed by atoms with Crippen molar-refractivity contribution in [3.8, 4) is 0 Å². The molecule has 0 aromatic heterocycles. The topological polar surface area (TPSA) is 86.8 Å². The molecule has 0 spiro atoms. The zero-order valence-corrected chi connectivity index (χ0v) is 20.3. The van der Waals surface area contributed by atoms with Crippen molar-refractivity contribution in [1.82, 2.24) is 10.2 Å². The number of imide groups is 1. The number of carbonyl (C=O) groups excluding carboxylic acids is 4. The predicted molar refractivity (Wildman–Crippen MR) is 136 cm³/mol. The maximum Gasteiger partial charge on any atom is 0.325 e. The van der Waals surface area contributed by atoms with E-state index >= 15 is 0 Å². The summed E-state index contributed by atoms with van der Waals surface area (Å²) >= 11 is 0. The van der Waals surface area contributed by atoms with Gasteiger partial charge in [0, 0.05) is 24.2 Å². The largest absolute Gasteiger partial charge is 0.325 e. The van der Waals surface area contributed by atoms with Crippen molar-refractivity contribution >= 4 is 29.3 Å². The van der Waals surface area contributed by atoms with Crippen LogP contribution in [0.2, 0.25) is 0 Å². The molecule has 0 bridgehead atoms. The van der Waals surface area contributed by atoms with E-state index in [9.17, 15) is 19.2 Å². The number of benzene rings is 3. The van der Waals surface area contributed by atoms with E-state index in [1.807, 2.05) is 50.2 Å². The first-order valence-electron chi connectivity index (χ1n) is 12.0. The van der Waals surface area contributed by atoms with Gasteiger partial charge in [0.15, 0.2) is 11.3 Å². The van der Waals surface area contributed by atoms with Crippen LogP contribution in [0.4, 0.5) is 10.5 Å². The SMILES string of the molecule is Cc1ccc([C@]2(c3ccccc3)NC(=O)N(CC(=O)c3ccc(N4CCCC4=O)cc3)C2=O)cc1C. The summed E-state index contributed by atoms with van der Waals surface area (Å²) in [7, 11) is 0. The molecule has 7 heteroatoms. The Hall–Kier alpha value is -4.26. The summed E-state index contributed by atoms with van der Waals surface area (Å²) in [6.45, 7) is 4.22. The number of anilines is 1. The number of Topliss-reactive ketones (excluding diaryl/α,β-unsaturated/α-hetero) is 1. The van der Waals surface area contributed by atoms with Crippen molar-refractivity contribution < 1.29 is 19.2 Å². The summed E-state index contributed by atoms with van der Waals surface area (Å²) in [5, 5.41) is 2.90. The van der Waals surface area contributed by atoms with E-state index in [4.69, 9.17) is 0 Å².